The van der Waals surface area contributed by atoms with Gasteiger partial charge in [-0.05, 0) is 30.7 Å². The summed E-state index contributed by atoms with van der Waals surface area (Å²) in [7, 11) is 0. The molecule has 6 heteroatoms. The van der Waals surface area contributed by atoms with Crippen LogP contribution in [0, 0.1) is 12.7 Å². The minimum absolute atomic E-state index is 0.00426. The molecule has 0 bridgehead atoms. The van der Waals surface area contributed by atoms with E-state index < -0.39 is 5.97 Å². The normalized spacial score (nSPS) is 10.7. The van der Waals surface area contributed by atoms with E-state index in [9.17, 15) is 14.0 Å². The number of rotatable bonds is 8. The first-order valence-corrected chi connectivity index (χ1v) is 6.88. The van der Waals surface area contributed by atoms with Gasteiger partial charge >= 0.3 is 5.97 Å². The van der Waals surface area contributed by atoms with Crippen LogP contribution in [0.4, 0.5) is 4.39 Å². The van der Waals surface area contributed by atoms with E-state index >= 15 is 0 Å². The number of benzene rings is 1. The lowest BCUT2D eigenvalue weighted by molar-refractivity contribution is -0.137. The van der Waals surface area contributed by atoms with Crippen molar-refractivity contribution in [1.29, 1.82) is 0 Å². The number of hydrogen-bond donors (Lipinski definition) is 2. The van der Waals surface area contributed by atoms with Crippen molar-refractivity contribution >= 4 is 11.9 Å². The molecular weight excluding hydrogens is 275 g/mol. The molecule has 2 N–H and O–H groups in total. The summed E-state index contributed by atoms with van der Waals surface area (Å²) < 4.78 is 13.4. The Bertz CT molecular complexity index is 506. The van der Waals surface area contributed by atoms with Gasteiger partial charge in [0.25, 0.3) is 0 Å². The zero-order valence-corrected chi connectivity index (χ0v) is 12.4. The van der Waals surface area contributed by atoms with Crippen LogP contribution in [0.25, 0.3) is 0 Å². The Hall–Kier alpha value is -1.95. The van der Waals surface area contributed by atoms with Gasteiger partial charge < -0.3 is 10.4 Å². The molecular formula is C15H21FN2O3. The van der Waals surface area contributed by atoms with Crippen LogP contribution in [0.1, 0.15) is 24.5 Å². The van der Waals surface area contributed by atoms with Crippen molar-refractivity contribution < 1.29 is 19.1 Å². The van der Waals surface area contributed by atoms with E-state index in [1.807, 2.05) is 6.92 Å². The predicted octanol–water partition coefficient (Wildman–Crippen LogP) is 1.55. The smallest absolute Gasteiger partial charge is 0.304 e. The summed E-state index contributed by atoms with van der Waals surface area (Å²) in [5.41, 5.74) is 1.26. The lowest BCUT2D eigenvalue weighted by Gasteiger charge is -2.18. The van der Waals surface area contributed by atoms with Crippen molar-refractivity contribution in [2.75, 3.05) is 19.6 Å². The number of carboxylic acids is 1. The molecule has 0 saturated heterocycles. The Morgan fingerprint density at radius 1 is 1.38 bits per heavy atom. The second-order valence-corrected chi connectivity index (χ2v) is 4.87. The third-order valence-electron chi connectivity index (χ3n) is 3.18. The summed E-state index contributed by atoms with van der Waals surface area (Å²) in [5.74, 6) is -1.38. The molecule has 0 saturated carbocycles. The highest BCUT2D eigenvalue weighted by Crippen LogP contribution is 2.08. The van der Waals surface area contributed by atoms with E-state index in [1.54, 1.807) is 24.0 Å². The molecule has 1 aromatic rings. The zero-order valence-electron chi connectivity index (χ0n) is 12.4. The topological polar surface area (TPSA) is 69.6 Å². The third-order valence-corrected chi connectivity index (χ3v) is 3.18. The fraction of sp³-hybridized carbons (Fsp3) is 0.467. The van der Waals surface area contributed by atoms with Gasteiger partial charge in [-0.25, -0.2) is 4.39 Å². The first kappa shape index (κ1) is 17.1. The van der Waals surface area contributed by atoms with E-state index in [2.05, 4.69) is 5.32 Å². The molecule has 0 aliphatic rings. The summed E-state index contributed by atoms with van der Waals surface area (Å²) >= 11 is 0. The van der Waals surface area contributed by atoms with Crippen LogP contribution in [0.15, 0.2) is 18.2 Å². The summed E-state index contributed by atoms with van der Waals surface area (Å²) in [5, 5.41) is 11.3. The number of carboxylic acid groups (broad SMARTS) is 1. The van der Waals surface area contributed by atoms with Gasteiger partial charge in [0.15, 0.2) is 0 Å². The summed E-state index contributed by atoms with van der Waals surface area (Å²) in [6.07, 6.45) is 0.00426. The number of nitrogens with zero attached hydrogens (tertiary/aromatic N) is 1. The molecule has 0 spiro atoms. The highest BCUT2D eigenvalue weighted by atomic mass is 19.1. The van der Waals surface area contributed by atoms with Gasteiger partial charge in [-0.3, -0.25) is 14.5 Å². The molecule has 0 aromatic heterocycles. The molecule has 116 valence electrons. The molecule has 0 aliphatic heterocycles. The van der Waals surface area contributed by atoms with Crippen LogP contribution >= 0.6 is 0 Å². The van der Waals surface area contributed by atoms with Crippen molar-refractivity contribution in [1.82, 2.24) is 10.2 Å². The molecule has 0 radical (unpaired) electrons. The van der Waals surface area contributed by atoms with Crippen molar-refractivity contribution in [2.24, 2.45) is 0 Å². The van der Waals surface area contributed by atoms with Gasteiger partial charge in [-0.1, -0.05) is 19.1 Å². The molecule has 0 atom stereocenters. The molecule has 0 aliphatic carbocycles. The van der Waals surface area contributed by atoms with E-state index in [-0.39, 0.29) is 31.2 Å². The molecule has 1 amide bonds. The maximum absolute atomic E-state index is 13.4. The number of aliphatic carboxylic acids is 1. The Kier molecular flexibility index (Phi) is 6.81. The molecule has 21 heavy (non-hydrogen) atoms. The third kappa shape index (κ3) is 6.35. The lowest BCUT2D eigenvalue weighted by atomic mass is 10.1. The van der Waals surface area contributed by atoms with Gasteiger partial charge in [0.1, 0.15) is 5.82 Å². The van der Waals surface area contributed by atoms with Gasteiger partial charge in [0.05, 0.1) is 13.0 Å². The van der Waals surface area contributed by atoms with Gasteiger partial charge in [-0.2, -0.15) is 0 Å². The average molecular weight is 296 g/mol. The molecule has 0 unspecified atom stereocenters. The first-order valence-electron chi connectivity index (χ1n) is 6.88. The average Bonchev–Trinajstić information content (AvgIpc) is 2.44. The van der Waals surface area contributed by atoms with Crippen molar-refractivity contribution in [3.63, 3.8) is 0 Å². The van der Waals surface area contributed by atoms with Crippen LogP contribution in [-0.2, 0) is 16.1 Å². The Labute approximate surface area is 123 Å². The van der Waals surface area contributed by atoms with Crippen molar-refractivity contribution in [3.05, 3.63) is 35.1 Å². The van der Waals surface area contributed by atoms with Gasteiger partial charge in [0.2, 0.25) is 5.91 Å². The number of aryl methyl sites for hydroxylation is 1. The van der Waals surface area contributed by atoms with Crippen molar-refractivity contribution in [2.45, 2.75) is 26.8 Å². The number of carbonyl (C=O) groups excluding carboxylic acids is 1. The van der Waals surface area contributed by atoms with Gasteiger partial charge in [0, 0.05) is 13.1 Å². The van der Waals surface area contributed by atoms with E-state index in [1.165, 1.54) is 6.07 Å². The van der Waals surface area contributed by atoms with E-state index in [0.717, 1.165) is 0 Å². The monoisotopic (exact) mass is 296 g/mol. The number of amides is 1. The molecule has 1 aromatic carbocycles. The second-order valence-electron chi connectivity index (χ2n) is 4.87. The quantitative estimate of drug-likeness (QED) is 0.763. The number of halogens is 1. The number of hydrogen-bond acceptors (Lipinski definition) is 3. The number of nitrogens with one attached hydrogen (secondary N) is 1. The SMILES string of the molecule is CCN(CCC(=O)O)CC(=O)NCc1ccc(C)c(F)c1. The Morgan fingerprint density at radius 2 is 2.10 bits per heavy atom. The highest BCUT2D eigenvalue weighted by molar-refractivity contribution is 5.78. The predicted molar refractivity (Wildman–Crippen MR) is 77.4 cm³/mol. The van der Waals surface area contributed by atoms with Crippen LogP contribution in [-0.4, -0.2) is 41.5 Å². The highest BCUT2D eigenvalue weighted by Gasteiger charge is 2.10. The van der Waals surface area contributed by atoms with Crippen LogP contribution < -0.4 is 5.32 Å². The van der Waals surface area contributed by atoms with E-state index in [0.29, 0.717) is 24.2 Å². The standard InChI is InChI=1S/C15H21FN2O3/c1-3-18(7-6-15(20)21)10-14(19)17-9-12-5-4-11(2)13(16)8-12/h4-5,8H,3,6-7,9-10H2,1-2H3,(H,17,19)(H,20,21). The Morgan fingerprint density at radius 3 is 2.67 bits per heavy atom. The Balaban J connectivity index is 2.41. The fourth-order valence-corrected chi connectivity index (χ4v) is 1.81. The summed E-state index contributed by atoms with van der Waals surface area (Å²) in [4.78, 5) is 24.1. The molecule has 5 nitrogen and oxygen atoms in total. The largest absolute Gasteiger partial charge is 0.481 e. The van der Waals surface area contributed by atoms with Crippen molar-refractivity contribution in [3.8, 4) is 0 Å². The maximum Gasteiger partial charge on any atom is 0.304 e. The second kappa shape index (κ2) is 8.36. The zero-order chi connectivity index (χ0) is 15.8. The molecule has 0 fully saturated rings. The maximum atomic E-state index is 13.4. The van der Waals surface area contributed by atoms with E-state index in [4.69, 9.17) is 5.11 Å². The van der Waals surface area contributed by atoms with Gasteiger partial charge in [-0.15, -0.1) is 0 Å². The number of likely N-dealkylation sites (N-methyl/N-ethyl adjacent to an activating group) is 1. The van der Waals surface area contributed by atoms with Crippen LogP contribution in [0.2, 0.25) is 0 Å². The summed E-state index contributed by atoms with van der Waals surface area (Å²) in [6, 6.07) is 4.83. The summed E-state index contributed by atoms with van der Waals surface area (Å²) in [6.45, 7) is 4.87. The number of carbonyl (C=O) groups is 2. The van der Waals surface area contributed by atoms with Crippen LogP contribution in [0.5, 0.6) is 0 Å². The minimum atomic E-state index is -0.885. The van der Waals surface area contributed by atoms with Crippen LogP contribution in [0.3, 0.4) is 0 Å². The fourth-order valence-electron chi connectivity index (χ4n) is 1.81. The molecule has 0 heterocycles. The molecule has 1 rings (SSSR count). The minimum Gasteiger partial charge on any atom is -0.481 e. The first-order chi connectivity index (χ1) is 9.92. The lowest BCUT2D eigenvalue weighted by Crippen LogP contribution is -2.37.